The summed E-state index contributed by atoms with van der Waals surface area (Å²) in [5.74, 6) is -3.82. The maximum Gasteiger partial charge on any atom is 0.345 e. The molecule has 3 aromatic rings. The van der Waals surface area contributed by atoms with E-state index < -0.39 is 23.4 Å². The van der Waals surface area contributed by atoms with Gasteiger partial charge in [-0.25, -0.2) is 9.59 Å². The highest BCUT2D eigenvalue weighted by molar-refractivity contribution is 6.30. The van der Waals surface area contributed by atoms with Crippen LogP contribution >= 0.6 is 11.6 Å². The molecular weight excluding hydrogens is 494 g/mol. The van der Waals surface area contributed by atoms with Gasteiger partial charge in [0.1, 0.15) is 19.0 Å². The van der Waals surface area contributed by atoms with Gasteiger partial charge in [0, 0.05) is 5.02 Å². The molecule has 8 nitrogen and oxygen atoms in total. The fraction of sp³-hybridized carbons (Fsp3) is 0.143. The monoisotopic (exact) mass is 515 g/mol. The van der Waals surface area contributed by atoms with Crippen LogP contribution in [0.1, 0.15) is 22.6 Å². The van der Waals surface area contributed by atoms with E-state index in [1.807, 2.05) is 6.07 Å². The van der Waals surface area contributed by atoms with Gasteiger partial charge in [0.25, 0.3) is 5.54 Å². The minimum atomic E-state index is -2.42. The molecule has 0 aliphatic carbocycles. The normalized spacial score (nSPS) is 16.1. The summed E-state index contributed by atoms with van der Waals surface area (Å²) in [6, 6.07) is 25.8. The first-order valence-corrected chi connectivity index (χ1v) is 11.6. The van der Waals surface area contributed by atoms with Crippen molar-refractivity contribution in [3.05, 3.63) is 118 Å². The van der Waals surface area contributed by atoms with Crippen LogP contribution in [0.25, 0.3) is 0 Å². The lowest BCUT2D eigenvalue weighted by Gasteiger charge is -2.36. The summed E-state index contributed by atoms with van der Waals surface area (Å²) in [7, 11) is 0. The van der Waals surface area contributed by atoms with Crippen molar-refractivity contribution in [1.29, 1.82) is 5.26 Å². The van der Waals surface area contributed by atoms with Crippen molar-refractivity contribution >= 4 is 29.9 Å². The maximum absolute atomic E-state index is 13.9. The molecule has 1 amide bonds. The van der Waals surface area contributed by atoms with Crippen LogP contribution in [-0.2, 0) is 37.1 Å². The third-order valence-electron chi connectivity index (χ3n) is 6.10. The average Bonchev–Trinajstić information content (AvgIpc) is 3.20. The number of carbonyl (C=O) groups excluding carboxylic acids is 3. The number of nitriles is 1. The molecule has 0 aromatic heterocycles. The SMILES string of the molecule is N#CC1=C(N)N(C=O)C(C(=O)OCc2ccccc2)(C(=O)OCc2ccccc2)[C@@H]1c1ccc(Cl)cc1. The summed E-state index contributed by atoms with van der Waals surface area (Å²) < 4.78 is 11.2. The van der Waals surface area contributed by atoms with Gasteiger partial charge in [0.15, 0.2) is 0 Å². The molecule has 3 aromatic carbocycles. The number of hydrogen-bond donors (Lipinski definition) is 1. The highest BCUT2D eigenvalue weighted by Gasteiger charge is 2.66. The summed E-state index contributed by atoms with van der Waals surface area (Å²) in [5.41, 5.74) is 5.27. The molecule has 0 bridgehead atoms. The van der Waals surface area contributed by atoms with Gasteiger partial charge >= 0.3 is 11.9 Å². The van der Waals surface area contributed by atoms with Crippen LogP contribution in [0.2, 0.25) is 5.02 Å². The topological polar surface area (TPSA) is 123 Å². The van der Waals surface area contributed by atoms with Crippen molar-refractivity contribution in [3.8, 4) is 6.07 Å². The molecule has 2 N–H and O–H groups in total. The molecule has 1 aliphatic heterocycles. The van der Waals surface area contributed by atoms with Crippen molar-refractivity contribution < 1.29 is 23.9 Å². The molecule has 0 radical (unpaired) electrons. The van der Waals surface area contributed by atoms with Gasteiger partial charge in [0.2, 0.25) is 6.41 Å². The van der Waals surface area contributed by atoms with Crippen LogP contribution in [0, 0.1) is 11.3 Å². The van der Waals surface area contributed by atoms with E-state index in [4.69, 9.17) is 26.8 Å². The van der Waals surface area contributed by atoms with Gasteiger partial charge in [-0.15, -0.1) is 0 Å². The fourth-order valence-corrected chi connectivity index (χ4v) is 4.45. The Morgan fingerprint density at radius 3 is 1.84 bits per heavy atom. The number of ether oxygens (including phenoxy) is 2. The number of hydrogen-bond acceptors (Lipinski definition) is 7. The molecule has 1 aliphatic rings. The second kappa shape index (κ2) is 11.0. The average molecular weight is 516 g/mol. The van der Waals surface area contributed by atoms with Crippen LogP contribution in [0.4, 0.5) is 0 Å². The predicted molar refractivity (Wildman–Crippen MR) is 134 cm³/mol. The van der Waals surface area contributed by atoms with Gasteiger partial charge in [-0.3, -0.25) is 9.69 Å². The molecular formula is C28H22ClN3O5. The molecule has 0 unspecified atom stereocenters. The molecule has 9 heteroatoms. The van der Waals surface area contributed by atoms with Crippen molar-refractivity contribution in [3.63, 3.8) is 0 Å². The number of esters is 2. The van der Waals surface area contributed by atoms with Gasteiger partial charge in [-0.05, 0) is 28.8 Å². The highest BCUT2D eigenvalue weighted by Crippen LogP contribution is 2.48. The van der Waals surface area contributed by atoms with Crippen LogP contribution in [0.5, 0.6) is 0 Å². The lowest BCUT2D eigenvalue weighted by Crippen LogP contribution is -2.61. The van der Waals surface area contributed by atoms with Gasteiger partial charge < -0.3 is 15.2 Å². The van der Waals surface area contributed by atoms with Crippen LogP contribution in [0.3, 0.4) is 0 Å². The molecule has 1 atom stereocenters. The molecule has 0 saturated carbocycles. The van der Waals surface area contributed by atoms with E-state index in [1.165, 1.54) is 0 Å². The zero-order chi connectivity index (χ0) is 26.4. The van der Waals surface area contributed by atoms with Gasteiger partial charge in [-0.1, -0.05) is 84.4 Å². The summed E-state index contributed by atoms with van der Waals surface area (Å²) in [5, 5.41) is 10.4. The Balaban J connectivity index is 1.82. The van der Waals surface area contributed by atoms with Crippen molar-refractivity contribution in [2.75, 3.05) is 0 Å². The first-order chi connectivity index (χ1) is 17.9. The molecule has 37 heavy (non-hydrogen) atoms. The van der Waals surface area contributed by atoms with E-state index >= 15 is 0 Å². The second-order valence-corrected chi connectivity index (χ2v) is 8.70. The summed E-state index contributed by atoms with van der Waals surface area (Å²) >= 11 is 6.05. The molecule has 0 saturated heterocycles. The summed E-state index contributed by atoms with van der Waals surface area (Å²) in [6.45, 7) is -0.371. The van der Waals surface area contributed by atoms with Crippen LogP contribution in [0.15, 0.2) is 96.3 Å². The number of rotatable bonds is 8. The van der Waals surface area contributed by atoms with Gasteiger partial charge in [-0.2, -0.15) is 5.26 Å². The third kappa shape index (κ3) is 4.77. The number of amides is 1. The maximum atomic E-state index is 13.9. The van der Waals surface area contributed by atoms with Crippen LogP contribution in [-0.4, -0.2) is 28.8 Å². The van der Waals surface area contributed by atoms with E-state index in [0.717, 1.165) is 4.90 Å². The van der Waals surface area contributed by atoms with E-state index in [2.05, 4.69) is 0 Å². The summed E-state index contributed by atoms with van der Waals surface area (Å²) in [6.07, 6.45) is 0.232. The Kier molecular flexibility index (Phi) is 7.56. The first kappa shape index (κ1) is 25.5. The van der Waals surface area contributed by atoms with Crippen LogP contribution < -0.4 is 5.73 Å². The Bertz CT molecular complexity index is 1310. The fourth-order valence-electron chi connectivity index (χ4n) is 4.32. The largest absolute Gasteiger partial charge is 0.459 e. The molecule has 186 valence electrons. The first-order valence-electron chi connectivity index (χ1n) is 11.3. The number of nitrogens with two attached hydrogens (primary N) is 1. The van der Waals surface area contributed by atoms with E-state index in [9.17, 15) is 19.6 Å². The van der Waals surface area contributed by atoms with Crippen molar-refractivity contribution in [1.82, 2.24) is 4.90 Å². The minimum absolute atomic E-state index is 0.150. The predicted octanol–water partition coefficient (Wildman–Crippen LogP) is 3.82. The lowest BCUT2D eigenvalue weighted by molar-refractivity contribution is -0.177. The zero-order valence-electron chi connectivity index (χ0n) is 19.5. The smallest absolute Gasteiger partial charge is 0.345 e. The van der Waals surface area contributed by atoms with Gasteiger partial charge in [0.05, 0.1) is 17.6 Å². The third-order valence-corrected chi connectivity index (χ3v) is 6.35. The molecule has 1 heterocycles. The number of halogens is 1. The lowest BCUT2D eigenvalue weighted by atomic mass is 9.76. The quantitative estimate of drug-likeness (QED) is 0.275. The molecule has 4 rings (SSSR count). The Morgan fingerprint density at radius 2 is 1.41 bits per heavy atom. The van der Waals surface area contributed by atoms with Crippen molar-refractivity contribution in [2.45, 2.75) is 24.7 Å². The standard InChI is InChI=1S/C28H22ClN3O5/c29-22-13-11-21(12-14-22)24-23(15-30)25(31)32(18-33)28(24,26(34)36-16-19-7-3-1-4-8-19)27(35)37-17-20-9-5-2-6-10-20/h1-14,18,24H,16-17,31H2/t24-/m1/s1. The highest BCUT2D eigenvalue weighted by atomic mass is 35.5. The Hall–Kier alpha value is -4.61. The van der Waals surface area contributed by atoms with E-state index in [1.54, 1.807) is 84.9 Å². The second-order valence-electron chi connectivity index (χ2n) is 8.26. The Morgan fingerprint density at radius 1 is 0.919 bits per heavy atom. The number of carbonyl (C=O) groups is 3. The zero-order valence-corrected chi connectivity index (χ0v) is 20.3. The molecule has 0 spiro atoms. The molecule has 0 fully saturated rings. The number of benzene rings is 3. The Labute approximate surface area is 218 Å². The van der Waals surface area contributed by atoms with E-state index in [-0.39, 0.29) is 31.0 Å². The van der Waals surface area contributed by atoms with E-state index in [0.29, 0.717) is 21.7 Å². The summed E-state index contributed by atoms with van der Waals surface area (Å²) in [4.78, 5) is 40.8. The minimum Gasteiger partial charge on any atom is -0.459 e. The van der Waals surface area contributed by atoms with Crippen molar-refractivity contribution in [2.24, 2.45) is 5.73 Å². The number of nitrogens with zero attached hydrogens (tertiary/aromatic N) is 2.